The standard InChI is InChI=1S/C19H28N2O/c1-2-13-21-19(7-1)17-8-10-18(11-9-17)22-14-4-6-16-5-3-12-20-15-16/h8-11,16,20H,1-7,12-15H2. The maximum atomic E-state index is 5.88. The molecule has 0 bridgehead atoms. The summed E-state index contributed by atoms with van der Waals surface area (Å²) >= 11 is 0. The smallest absolute Gasteiger partial charge is 0.119 e. The number of aliphatic imine (C=N–C) groups is 1. The van der Waals surface area contributed by atoms with Gasteiger partial charge in [-0.1, -0.05) is 0 Å². The average Bonchev–Trinajstić information content (AvgIpc) is 2.61. The van der Waals surface area contributed by atoms with Gasteiger partial charge in [0.2, 0.25) is 0 Å². The van der Waals surface area contributed by atoms with Crippen LogP contribution in [0.15, 0.2) is 29.3 Å². The third kappa shape index (κ3) is 4.57. The van der Waals surface area contributed by atoms with Crippen molar-refractivity contribution in [2.45, 2.75) is 44.9 Å². The van der Waals surface area contributed by atoms with E-state index in [1.165, 1.54) is 56.5 Å². The highest BCUT2D eigenvalue weighted by molar-refractivity contribution is 6.00. The molecule has 0 aromatic heterocycles. The minimum absolute atomic E-state index is 0.830. The first-order valence-electron chi connectivity index (χ1n) is 8.89. The lowest BCUT2D eigenvalue weighted by Gasteiger charge is -2.22. The fraction of sp³-hybridized carbons (Fsp3) is 0.632. The van der Waals surface area contributed by atoms with Crippen molar-refractivity contribution in [2.75, 3.05) is 26.2 Å². The minimum atomic E-state index is 0.830. The van der Waals surface area contributed by atoms with E-state index < -0.39 is 0 Å². The molecule has 0 aliphatic carbocycles. The van der Waals surface area contributed by atoms with Crippen molar-refractivity contribution in [3.05, 3.63) is 29.8 Å². The molecule has 1 saturated heterocycles. The Labute approximate surface area is 134 Å². The summed E-state index contributed by atoms with van der Waals surface area (Å²) in [5, 5.41) is 3.48. The van der Waals surface area contributed by atoms with Crippen LogP contribution < -0.4 is 10.1 Å². The van der Waals surface area contributed by atoms with Crippen LogP contribution in [0.3, 0.4) is 0 Å². The van der Waals surface area contributed by atoms with Crippen molar-refractivity contribution in [1.82, 2.24) is 5.32 Å². The summed E-state index contributed by atoms with van der Waals surface area (Å²) in [5.74, 6) is 1.84. The van der Waals surface area contributed by atoms with Gasteiger partial charge >= 0.3 is 0 Å². The number of hydrogen-bond acceptors (Lipinski definition) is 3. The molecule has 2 aliphatic rings. The van der Waals surface area contributed by atoms with E-state index in [0.29, 0.717) is 0 Å². The van der Waals surface area contributed by atoms with E-state index in [1.807, 2.05) is 0 Å². The first kappa shape index (κ1) is 15.5. The lowest BCUT2D eigenvalue weighted by atomic mass is 9.95. The Kier molecular flexibility index (Phi) is 5.88. The van der Waals surface area contributed by atoms with Crippen molar-refractivity contribution in [2.24, 2.45) is 10.9 Å². The zero-order valence-electron chi connectivity index (χ0n) is 13.5. The first-order chi connectivity index (χ1) is 10.9. The van der Waals surface area contributed by atoms with E-state index in [9.17, 15) is 0 Å². The van der Waals surface area contributed by atoms with Gasteiger partial charge in [-0.2, -0.15) is 0 Å². The van der Waals surface area contributed by atoms with E-state index >= 15 is 0 Å². The molecule has 1 N–H and O–H groups in total. The summed E-state index contributed by atoms with van der Waals surface area (Å²) in [6.07, 6.45) is 8.77. The van der Waals surface area contributed by atoms with Gasteiger partial charge in [0.25, 0.3) is 0 Å². The molecule has 1 aromatic carbocycles. The SMILES string of the molecule is c1cc(C2=NCCCC2)ccc1OCCCC1CCCNC1. The molecule has 0 spiro atoms. The Balaban J connectivity index is 1.40. The number of hydrogen-bond donors (Lipinski definition) is 1. The van der Waals surface area contributed by atoms with Gasteiger partial charge in [-0.05, 0) is 93.8 Å². The largest absolute Gasteiger partial charge is 0.494 e. The molecular formula is C19H28N2O. The highest BCUT2D eigenvalue weighted by Crippen LogP contribution is 2.19. The van der Waals surface area contributed by atoms with Crippen LogP contribution in [-0.2, 0) is 0 Å². The number of ether oxygens (including phenoxy) is 1. The molecule has 1 fully saturated rings. The average molecular weight is 300 g/mol. The second-order valence-electron chi connectivity index (χ2n) is 6.51. The molecule has 0 saturated carbocycles. The van der Waals surface area contributed by atoms with Gasteiger partial charge in [-0.3, -0.25) is 4.99 Å². The van der Waals surface area contributed by atoms with Crippen LogP contribution in [0.1, 0.15) is 50.5 Å². The van der Waals surface area contributed by atoms with Crippen molar-refractivity contribution in [3.8, 4) is 5.75 Å². The van der Waals surface area contributed by atoms with E-state index in [-0.39, 0.29) is 0 Å². The van der Waals surface area contributed by atoms with Gasteiger partial charge in [0, 0.05) is 12.3 Å². The van der Waals surface area contributed by atoms with Crippen LogP contribution in [-0.4, -0.2) is 32.0 Å². The summed E-state index contributed by atoms with van der Waals surface area (Å²) < 4.78 is 5.88. The Morgan fingerprint density at radius 3 is 2.77 bits per heavy atom. The van der Waals surface area contributed by atoms with Crippen molar-refractivity contribution in [1.29, 1.82) is 0 Å². The second kappa shape index (κ2) is 8.33. The summed E-state index contributed by atoms with van der Waals surface area (Å²) in [6, 6.07) is 8.50. The van der Waals surface area contributed by atoms with Crippen LogP contribution in [0.5, 0.6) is 5.75 Å². The summed E-state index contributed by atoms with van der Waals surface area (Å²) in [5.41, 5.74) is 2.53. The molecule has 120 valence electrons. The first-order valence-corrected chi connectivity index (χ1v) is 8.89. The van der Waals surface area contributed by atoms with Crippen LogP contribution in [0, 0.1) is 5.92 Å². The molecule has 1 unspecified atom stereocenters. The van der Waals surface area contributed by atoms with Gasteiger partial charge < -0.3 is 10.1 Å². The van der Waals surface area contributed by atoms with Crippen molar-refractivity contribution in [3.63, 3.8) is 0 Å². The van der Waals surface area contributed by atoms with Gasteiger partial charge in [0.05, 0.1) is 6.61 Å². The predicted octanol–water partition coefficient (Wildman–Crippen LogP) is 3.82. The van der Waals surface area contributed by atoms with E-state index in [2.05, 4.69) is 34.6 Å². The van der Waals surface area contributed by atoms with E-state index in [1.54, 1.807) is 0 Å². The number of benzene rings is 1. The number of piperidine rings is 1. The summed E-state index contributed by atoms with van der Waals surface area (Å²) in [7, 11) is 0. The lowest BCUT2D eigenvalue weighted by Crippen LogP contribution is -2.29. The molecule has 3 heteroatoms. The van der Waals surface area contributed by atoms with Gasteiger partial charge in [-0.15, -0.1) is 0 Å². The Morgan fingerprint density at radius 2 is 2.05 bits per heavy atom. The molecule has 3 rings (SSSR count). The van der Waals surface area contributed by atoms with Crippen LogP contribution >= 0.6 is 0 Å². The predicted molar refractivity (Wildman–Crippen MR) is 92.0 cm³/mol. The molecule has 2 aliphatic heterocycles. The van der Waals surface area contributed by atoms with Crippen LogP contribution in [0.2, 0.25) is 0 Å². The highest BCUT2D eigenvalue weighted by atomic mass is 16.5. The van der Waals surface area contributed by atoms with E-state index in [4.69, 9.17) is 4.74 Å². The van der Waals surface area contributed by atoms with Crippen molar-refractivity contribution >= 4 is 5.71 Å². The Morgan fingerprint density at radius 1 is 1.14 bits per heavy atom. The zero-order chi connectivity index (χ0) is 15.0. The molecule has 1 atom stereocenters. The third-order valence-electron chi connectivity index (χ3n) is 4.74. The highest BCUT2D eigenvalue weighted by Gasteiger charge is 2.12. The molecule has 2 heterocycles. The van der Waals surface area contributed by atoms with Crippen LogP contribution in [0.4, 0.5) is 0 Å². The molecule has 0 amide bonds. The summed E-state index contributed by atoms with van der Waals surface area (Å²) in [4.78, 5) is 4.63. The fourth-order valence-electron chi connectivity index (χ4n) is 3.41. The topological polar surface area (TPSA) is 33.6 Å². The third-order valence-corrected chi connectivity index (χ3v) is 4.74. The fourth-order valence-corrected chi connectivity index (χ4v) is 3.41. The zero-order valence-corrected chi connectivity index (χ0v) is 13.5. The minimum Gasteiger partial charge on any atom is -0.494 e. The molecule has 1 aromatic rings. The number of rotatable bonds is 6. The number of nitrogens with one attached hydrogen (secondary N) is 1. The van der Waals surface area contributed by atoms with Crippen LogP contribution in [0.25, 0.3) is 0 Å². The van der Waals surface area contributed by atoms with Gasteiger partial charge in [-0.25, -0.2) is 0 Å². The number of nitrogens with zero attached hydrogens (tertiary/aromatic N) is 1. The molecule has 22 heavy (non-hydrogen) atoms. The molecule has 3 nitrogen and oxygen atoms in total. The second-order valence-corrected chi connectivity index (χ2v) is 6.51. The molecule has 0 radical (unpaired) electrons. The quantitative estimate of drug-likeness (QED) is 0.810. The summed E-state index contributed by atoms with van der Waals surface area (Å²) in [6.45, 7) is 4.21. The Hall–Kier alpha value is -1.35. The monoisotopic (exact) mass is 300 g/mol. The maximum Gasteiger partial charge on any atom is 0.119 e. The van der Waals surface area contributed by atoms with Crippen molar-refractivity contribution < 1.29 is 4.74 Å². The normalized spacial score (nSPS) is 22.2. The van der Waals surface area contributed by atoms with E-state index in [0.717, 1.165) is 37.7 Å². The maximum absolute atomic E-state index is 5.88. The Bertz CT molecular complexity index is 475. The van der Waals surface area contributed by atoms with Gasteiger partial charge in [0.1, 0.15) is 5.75 Å². The lowest BCUT2D eigenvalue weighted by molar-refractivity contribution is 0.275. The van der Waals surface area contributed by atoms with Gasteiger partial charge in [0.15, 0.2) is 0 Å². The molecular weight excluding hydrogens is 272 g/mol.